The van der Waals surface area contributed by atoms with Gasteiger partial charge in [-0.15, -0.1) is 0 Å². The van der Waals surface area contributed by atoms with Gasteiger partial charge in [0.1, 0.15) is 10.6 Å². The lowest BCUT2D eigenvalue weighted by atomic mass is 10.2. The number of rotatable bonds is 1. The predicted octanol–water partition coefficient (Wildman–Crippen LogP) is 1.94. The number of aliphatic imine (C=N–C) groups is 1. The Kier molecular flexibility index (Phi) is 3.15. The zero-order valence-corrected chi connectivity index (χ0v) is 13.0. The zero-order chi connectivity index (χ0) is 17.8. The maximum atomic E-state index is 13.5. The molecule has 128 valence electrons. The van der Waals surface area contributed by atoms with Crippen LogP contribution in [0, 0.1) is 11.6 Å². The molecular weight excluding hydrogens is 356 g/mol. The second-order valence-corrected chi connectivity index (χ2v) is 6.85. The van der Waals surface area contributed by atoms with Crippen LogP contribution >= 0.6 is 0 Å². The number of guanidine groups is 1. The fourth-order valence-corrected chi connectivity index (χ4v) is 3.59. The monoisotopic (exact) mass is 365 g/mol. The SMILES string of the molecule is O=S1(=O)NC(Nc2cccc3[nH]ncc23)=Nc2c1cc(F)c(F)c2O. The number of benzene rings is 2. The molecule has 4 rings (SSSR count). The number of phenolic OH excluding ortho intramolecular Hbond substituents is 1. The molecular formula is C14H9F2N5O3S. The van der Waals surface area contributed by atoms with Crippen molar-refractivity contribution >= 4 is 38.3 Å². The van der Waals surface area contributed by atoms with E-state index in [1.807, 2.05) is 0 Å². The van der Waals surface area contributed by atoms with Gasteiger partial charge in [-0.25, -0.2) is 22.5 Å². The summed E-state index contributed by atoms with van der Waals surface area (Å²) >= 11 is 0. The van der Waals surface area contributed by atoms with Gasteiger partial charge >= 0.3 is 0 Å². The van der Waals surface area contributed by atoms with Crippen molar-refractivity contribution in [1.82, 2.24) is 14.9 Å². The lowest BCUT2D eigenvalue weighted by Crippen LogP contribution is -2.38. The van der Waals surface area contributed by atoms with Gasteiger partial charge in [-0.3, -0.25) is 5.10 Å². The van der Waals surface area contributed by atoms with Gasteiger partial charge in [0.05, 0.1) is 17.4 Å². The molecule has 3 aromatic rings. The maximum absolute atomic E-state index is 13.5. The number of hydrogen-bond donors (Lipinski definition) is 4. The Balaban J connectivity index is 1.85. The first-order chi connectivity index (χ1) is 11.9. The molecule has 11 heteroatoms. The number of sulfonamides is 1. The Labute approximate surface area is 139 Å². The third-order valence-corrected chi connectivity index (χ3v) is 4.97. The number of anilines is 1. The van der Waals surface area contributed by atoms with E-state index in [1.165, 1.54) is 6.20 Å². The van der Waals surface area contributed by atoms with Crippen LogP contribution in [-0.2, 0) is 10.0 Å². The molecule has 0 atom stereocenters. The van der Waals surface area contributed by atoms with Crippen molar-refractivity contribution in [2.75, 3.05) is 5.32 Å². The molecule has 0 saturated heterocycles. The fourth-order valence-electron chi connectivity index (χ4n) is 2.47. The molecule has 2 aromatic carbocycles. The minimum absolute atomic E-state index is 0.275. The number of aromatic hydroxyl groups is 1. The summed E-state index contributed by atoms with van der Waals surface area (Å²) in [4.78, 5) is 3.20. The van der Waals surface area contributed by atoms with Gasteiger partial charge in [-0.1, -0.05) is 6.07 Å². The van der Waals surface area contributed by atoms with E-state index in [9.17, 15) is 22.3 Å². The normalized spacial score (nSPS) is 15.4. The Morgan fingerprint density at radius 3 is 2.84 bits per heavy atom. The van der Waals surface area contributed by atoms with Crippen LogP contribution in [0.25, 0.3) is 10.9 Å². The molecule has 0 unspecified atom stereocenters. The van der Waals surface area contributed by atoms with Crippen LogP contribution in [-0.4, -0.2) is 29.7 Å². The molecule has 0 amide bonds. The zero-order valence-electron chi connectivity index (χ0n) is 12.2. The van der Waals surface area contributed by atoms with Gasteiger partial charge < -0.3 is 10.4 Å². The summed E-state index contributed by atoms with van der Waals surface area (Å²) in [5.74, 6) is -4.52. The number of H-pyrrole nitrogens is 1. The van der Waals surface area contributed by atoms with E-state index in [2.05, 4.69) is 25.2 Å². The standard InChI is InChI=1S/C14H9F2N5O3S/c15-7-4-10-12(13(22)11(7)16)19-14(21-25(10,23)24)18-8-2-1-3-9-6(8)5-17-20-9/h1-5,22H,(H,17,20)(H2,18,19,21). The highest BCUT2D eigenvalue weighted by Crippen LogP contribution is 2.39. The summed E-state index contributed by atoms with van der Waals surface area (Å²) in [6.45, 7) is 0. The highest BCUT2D eigenvalue weighted by atomic mass is 32.2. The molecule has 0 fully saturated rings. The van der Waals surface area contributed by atoms with Crippen molar-refractivity contribution in [3.8, 4) is 5.75 Å². The predicted molar refractivity (Wildman–Crippen MR) is 85.2 cm³/mol. The van der Waals surface area contributed by atoms with Crippen LogP contribution < -0.4 is 10.0 Å². The summed E-state index contributed by atoms with van der Waals surface area (Å²) in [5.41, 5.74) is 0.582. The molecule has 1 aromatic heterocycles. The van der Waals surface area contributed by atoms with E-state index in [4.69, 9.17) is 0 Å². The third kappa shape index (κ3) is 2.36. The molecule has 0 spiro atoms. The Bertz CT molecular complexity index is 1160. The minimum atomic E-state index is -4.25. The molecule has 8 nitrogen and oxygen atoms in total. The van der Waals surface area contributed by atoms with Crippen molar-refractivity contribution in [3.05, 3.63) is 42.1 Å². The largest absolute Gasteiger partial charge is 0.503 e. The molecule has 4 N–H and O–H groups in total. The Hall–Kier alpha value is -3.21. The van der Waals surface area contributed by atoms with Crippen molar-refractivity contribution in [2.24, 2.45) is 4.99 Å². The number of fused-ring (bicyclic) bond motifs is 2. The number of nitrogens with zero attached hydrogens (tertiary/aromatic N) is 2. The molecule has 2 heterocycles. The number of halogens is 2. The van der Waals surface area contributed by atoms with Crippen LogP contribution in [0.2, 0.25) is 0 Å². The van der Waals surface area contributed by atoms with Gasteiger partial charge in [0.25, 0.3) is 10.0 Å². The van der Waals surface area contributed by atoms with E-state index >= 15 is 0 Å². The molecule has 0 aliphatic carbocycles. The first-order valence-electron chi connectivity index (χ1n) is 6.88. The smallest absolute Gasteiger partial charge is 0.266 e. The molecule has 25 heavy (non-hydrogen) atoms. The Morgan fingerprint density at radius 2 is 2.04 bits per heavy atom. The molecule has 1 aliphatic heterocycles. The summed E-state index contributed by atoms with van der Waals surface area (Å²) in [6, 6.07) is 5.57. The van der Waals surface area contributed by atoms with E-state index < -0.39 is 38.0 Å². The minimum Gasteiger partial charge on any atom is -0.503 e. The van der Waals surface area contributed by atoms with E-state index in [1.54, 1.807) is 18.2 Å². The van der Waals surface area contributed by atoms with E-state index in [0.717, 1.165) is 0 Å². The molecule has 0 bridgehead atoms. The Morgan fingerprint density at radius 1 is 1.24 bits per heavy atom. The fraction of sp³-hybridized carbons (Fsp3) is 0. The van der Waals surface area contributed by atoms with Gasteiger partial charge in [0.15, 0.2) is 11.6 Å². The average Bonchev–Trinajstić information content (AvgIpc) is 3.03. The van der Waals surface area contributed by atoms with Crippen molar-refractivity contribution < 1.29 is 22.3 Å². The number of aromatic nitrogens is 2. The summed E-state index contributed by atoms with van der Waals surface area (Å²) in [7, 11) is -4.25. The van der Waals surface area contributed by atoms with Gasteiger partial charge in [-0.2, -0.15) is 9.49 Å². The number of nitrogens with one attached hydrogen (secondary N) is 3. The average molecular weight is 365 g/mol. The molecule has 1 aliphatic rings. The van der Waals surface area contributed by atoms with E-state index in [-0.39, 0.29) is 5.96 Å². The maximum Gasteiger partial charge on any atom is 0.266 e. The van der Waals surface area contributed by atoms with Crippen LogP contribution in [0.15, 0.2) is 40.4 Å². The molecule has 0 saturated carbocycles. The topological polar surface area (TPSA) is 119 Å². The lowest BCUT2D eigenvalue weighted by Gasteiger charge is -2.20. The van der Waals surface area contributed by atoms with Gasteiger partial charge in [0.2, 0.25) is 11.8 Å². The first kappa shape index (κ1) is 15.3. The van der Waals surface area contributed by atoms with Crippen molar-refractivity contribution in [2.45, 2.75) is 4.90 Å². The first-order valence-corrected chi connectivity index (χ1v) is 8.37. The van der Waals surface area contributed by atoms with Gasteiger partial charge in [-0.05, 0) is 18.2 Å². The van der Waals surface area contributed by atoms with E-state index in [0.29, 0.717) is 22.7 Å². The van der Waals surface area contributed by atoms with Gasteiger partial charge in [0, 0.05) is 5.39 Å². The van der Waals surface area contributed by atoms with Crippen LogP contribution in [0.4, 0.5) is 20.2 Å². The highest BCUT2D eigenvalue weighted by Gasteiger charge is 2.31. The second-order valence-electron chi connectivity index (χ2n) is 5.20. The summed E-state index contributed by atoms with van der Waals surface area (Å²) in [5, 5.41) is 19.8. The summed E-state index contributed by atoms with van der Waals surface area (Å²) < 4.78 is 53.6. The van der Waals surface area contributed by atoms with Crippen LogP contribution in [0.3, 0.4) is 0 Å². The van der Waals surface area contributed by atoms with Crippen molar-refractivity contribution in [1.29, 1.82) is 0 Å². The summed E-state index contributed by atoms with van der Waals surface area (Å²) in [6.07, 6.45) is 1.52. The molecule has 0 radical (unpaired) electrons. The third-order valence-electron chi connectivity index (χ3n) is 3.62. The highest BCUT2D eigenvalue weighted by molar-refractivity contribution is 7.90. The second kappa shape index (κ2) is 5.14. The quantitative estimate of drug-likeness (QED) is 0.525. The van der Waals surface area contributed by atoms with Crippen molar-refractivity contribution in [3.63, 3.8) is 0 Å². The number of aromatic amines is 1. The number of phenols is 1. The lowest BCUT2D eigenvalue weighted by molar-refractivity contribution is 0.405. The van der Waals surface area contributed by atoms with Crippen LogP contribution in [0.1, 0.15) is 0 Å². The van der Waals surface area contributed by atoms with Crippen LogP contribution in [0.5, 0.6) is 5.75 Å². The number of hydrogen-bond acceptors (Lipinski definition) is 6.